The van der Waals surface area contributed by atoms with Crippen molar-refractivity contribution in [2.45, 2.75) is 31.7 Å². The number of ether oxygens (including phenoxy) is 1. The Labute approximate surface area is 132 Å². The summed E-state index contributed by atoms with van der Waals surface area (Å²) in [7, 11) is 0. The second kappa shape index (κ2) is 7.50. The lowest BCUT2D eigenvalue weighted by atomic mass is 9.96. The number of hydrogen-bond acceptors (Lipinski definition) is 3. The van der Waals surface area contributed by atoms with Crippen LogP contribution in [0.3, 0.4) is 0 Å². The summed E-state index contributed by atoms with van der Waals surface area (Å²) in [6.45, 7) is 2.52. The zero-order valence-corrected chi connectivity index (χ0v) is 12.8. The number of carbonyl (C=O) groups is 2. The van der Waals surface area contributed by atoms with Crippen LogP contribution in [0, 0.1) is 11.6 Å². The molecular weight excluding hydrogens is 308 g/mol. The van der Waals surface area contributed by atoms with Gasteiger partial charge in [0, 0.05) is 19.0 Å². The summed E-state index contributed by atoms with van der Waals surface area (Å²) in [6.07, 6.45) is -0.163. The van der Waals surface area contributed by atoms with Gasteiger partial charge in [0.05, 0.1) is 25.7 Å². The summed E-state index contributed by atoms with van der Waals surface area (Å²) < 4.78 is 32.0. The largest absolute Gasteiger partial charge is 0.481 e. The third-order valence-corrected chi connectivity index (χ3v) is 3.93. The van der Waals surface area contributed by atoms with Crippen LogP contribution in [0.4, 0.5) is 8.78 Å². The van der Waals surface area contributed by atoms with Crippen molar-refractivity contribution in [2.24, 2.45) is 0 Å². The van der Waals surface area contributed by atoms with Crippen molar-refractivity contribution >= 4 is 11.9 Å². The number of hydrogen-bond donors (Lipinski definition) is 1. The van der Waals surface area contributed by atoms with E-state index >= 15 is 0 Å². The van der Waals surface area contributed by atoms with Crippen LogP contribution in [0.15, 0.2) is 18.2 Å². The van der Waals surface area contributed by atoms with Crippen molar-refractivity contribution in [3.05, 3.63) is 35.4 Å². The zero-order chi connectivity index (χ0) is 17.0. The Balaban J connectivity index is 2.05. The SMILES string of the molecule is CC(CC(=O)N1CCOCC1CC(=O)O)c1ccc(F)cc1F. The number of carboxylic acids is 1. The molecule has 126 valence electrons. The average molecular weight is 327 g/mol. The van der Waals surface area contributed by atoms with E-state index in [1.54, 1.807) is 6.92 Å². The molecule has 1 N–H and O–H groups in total. The van der Waals surface area contributed by atoms with Crippen LogP contribution in [0.5, 0.6) is 0 Å². The Morgan fingerprint density at radius 2 is 2.17 bits per heavy atom. The van der Waals surface area contributed by atoms with Crippen LogP contribution in [0.2, 0.25) is 0 Å². The second-order valence-corrected chi connectivity index (χ2v) is 5.68. The van der Waals surface area contributed by atoms with Crippen LogP contribution in [-0.4, -0.2) is 47.7 Å². The van der Waals surface area contributed by atoms with Gasteiger partial charge in [-0.05, 0) is 17.5 Å². The molecule has 1 aromatic carbocycles. The van der Waals surface area contributed by atoms with Crippen LogP contribution < -0.4 is 0 Å². The molecule has 0 bridgehead atoms. The van der Waals surface area contributed by atoms with E-state index in [1.165, 1.54) is 11.0 Å². The normalized spacial score (nSPS) is 19.4. The number of carboxylic acid groups (broad SMARTS) is 1. The molecule has 0 radical (unpaired) electrons. The summed E-state index contributed by atoms with van der Waals surface area (Å²) >= 11 is 0. The average Bonchev–Trinajstić information content (AvgIpc) is 2.46. The summed E-state index contributed by atoms with van der Waals surface area (Å²) in [6, 6.07) is 2.76. The topological polar surface area (TPSA) is 66.8 Å². The summed E-state index contributed by atoms with van der Waals surface area (Å²) in [5.41, 5.74) is 0.266. The predicted molar refractivity (Wildman–Crippen MR) is 78.0 cm³/mol. The van der Waals surface area contributed by atoms with Gasteiger partial charge in [-0.3, -0.25) is 9.59 Å². The lowest BCUT2D eigenvalue weighted by Gasteiger charge is -2.35. The van der Waals surface area contributed by atoms with E-state index in [-0.39, 0.29) is 30.9 Å². The molecule has 0 aromatic heterocycles. The molecule has 2 atom stereocenters. The Hall–Kier alpha value is -2.02. The number of amides is 1. The van der Waals surface area contributed by atoms with Gasteiger partial charge in [-0.15, -0.1) is 0 Å². The number of benzene rings is 1. The first-order valence-electron chi connectivity index (χ1n) is 7.42. The van der Waals surface area contributed by atoms with Crippen molar-refractivity contribution < 1.29 is 28.2 Å². The van der Waals surface area contributed by atoms with Gasteiger partial charge in [-0.2, -0.15) is 0 Å². The van der Waals surface area contributed by atoms with Gasteiger partial charge in [-0.1, -0.05) is 13.0 Å². The van der Waals surface area contributed by atoms with Gasteiger partial charge >= 0.3 is 5.97 Å². The van der Waals surface area contributed by atoms with Gasteiger partial charge in [0.2, 0.25) is 5.91 Å². The zero-order valence-electron chi connectivity index (χ0n) is 12.8. The molecule has 7 heteroatoms. The van der Waals surface area contributed by atoms with Gasteiger partial charge in [0.1, 0.15) is 11.6 Å². The van der Waals surface area contributed by atoms with Crippen molar-refractivity contribution in [3.63, 3.8) is 0 Å². The molecule has 1 amide bonds. The predicted octanol–water partition coefficient (Wildman–Crippen LogP) is 2.16. The molecule has 1 fully saturated rings. The number of morpholine rings is 1. The Morgan fingerprint density at radius 1 is 1.43 bits per heavy atom. The molecule has 2 rings (SSSR count). The third-order valence-electron chi connectivity index (χ3n) is 3.93. The number of rotatable bonds is 5. The van der Waals surface area contributed by atoms with E-state index in [4.69, 9.17) is 9.84 Å². The molecule has 1 aromatic rings. The fourth-order valence-electron chi connectivity index (χ4n) is 2.74. The maximum absolute atomic E-state index is 13.8. The van der Waals surface area contributed by atoms with Crippen LogP contribution in [0.1, 0.15) is 31.2 Å². The van der Waals surface area contributed by atoms with Crippen molar-refractivity contribution in [2.75, 3.05) is 19.8 Å². The van der Waals surface area contributed by atoms with Crippen molar-refractivity contribution in [3.8, 4) is 0 Å². The minimum absolute atomic E-state index is 0.0265. The quantitative estimate of drug-likeness (QED) is 0.900. The monoisotopic (exact) mass is 327 g/mol. The highest BCUT2D eigenvalue weighted by Gasteiger charge is 2.30. The summed E-state index contributed by atoms with van der Waals surface area (Å²) in [5, 5.41) is 8.91. The van der Waals surface area contributed by atoms with Crippen molar-refractivity contribution in [1.82, 2.24) is 4.90 Å². The molecule has 0 spiro atoms. The number of aliphatic carboxylic acids is 1. The van der Waals surface area contributed by atoms with Crippen LogP contribution in [-0.2, 0) is 14.3 Å². The summed E-state index contributed by atoms with van der Waals surface area (Å²) in [5.74, 6) is -3.04. The molecule has 0 saturated carbocycles. The highest BCUT2D eigenvalue weighted by atomic mass is 19.1. The lowest BCUT2D eigenvalue weighted by Crippen LogP contribution is -2.49. The van der Waals surface area contributed by atoms with Gasteiger partial charge in [-0.25, -0.2) is 8.78 Å². The number of carbonyl (C=O) groups excluding carboxylic acids is 1. The summed E-state index contributed by atoms with van der Waals surface area (Å²) in [4.78, 5) is 24.8. The molecule has 1 heterocycles. The van der Waals surface area contributed by atoms with E-state index in [0.717, 1.165) is 12.1 Å². The fraction of sp³-hybridized carbons (Fsp3) is 0.500. The Kier molecular flexibility index (Phi) is 5.65. The smallest absolute Gasteiger partial charge is 0.305 e. The molecule has 5 nitrogen and oxygen atoms in total. The van der Waals surface area contributed by atoms with Crippen molar-refractivity contribution in [1.29, 1.82) is 0 Å². The maximum atomic E-state index is 13.8. The van der Waals surface area contributed by atoms with Crippen LogP contribution >= 0.6 is 0 Å². The molecule has 1 aliphatic heterocycles. The van der Waals surface area contributed by atoms with E-state index < -0.39 is 29.6 Å². The molecule has 23 heavy (non-hydrogen) atoms. The van der Waals surface area contributed by atoms with E-state index in [1.807, 2.05) is 0 Å². The first-order chi connectivity index (χ1) is 10.9. The molecule has 1 aliphatic rings. The molecular formula is C16H19F2NO4. The first kappa shape index (κ1) is 17.3. The fourth-order valence-corrected chi connectivity index (χ4v) is 2.74. The van der Waals surface area contributed by atoms with Crippen LogP contribution in [0.25, 0.3) is 0 Å². The standard InChI is InChI=1S/C16H19F2NO4/c1-10(13-3-2-11(17)7-14(13)18)6-15(20)19-4-5-23-9-12(19)8-16(21)22/h2-3,7,10,12H,4-6,8-9H2,1H3,(H,21,22). The van der Waals surface area contributed by atoms with Gasteiger partial charge in [0.25, 0.3) is 0 Å². The molecule has 2 unspecified atom stereocenters. The minimum Gasteiger partial charge on any atom is -0.481 e. The van der Waals surface area contributed by atoms with E-state index in [0.29, 0.717) is 13.2 Å². The molecule has 0 aliphatic carbocycles. The highest BCUT2D eigenvalue weighted by molar-refractivity contribution is 5.78. The number of nitrogens with zero attached hydrogens (tertiary/aromatic N) is 1. The lowest BCUT2D eigenvalue weighted by molar-refractivity contribution is -0.146. The molecule has 1 saturated heterocycles. The third kappa shape index (κ3) is 4.48. The van der Waals surface area contributed by atoms with Gasteiger partial charge in [0.15, 0.2) is 0 Å². The minimum atomic E-state index is -1.00. The Bertz CT molecular complexity index is 593. The number of halogens is 2. The van der Waals surface area contributed by atoms with Gasteiger partial charge < -0.3 is 14.7 Å². The van der Waals surface area contributed by atoms with E-state index in [9.17, 15) is 18.4 Å². The van der Waals surface area contributed by atoms with E-state index in [2.05, 4.69) is 0 Å². The Morgan fingerprint density at radius 3 is 2.83 bits per heavy atom. The highest BCUT2D eigenvalue weighted by Crippen LogP contribution is 2.25. The first-order valence-corrected chi connectivity index (χ1v) is 7.42. The maximum Gasteiger partial charge on any atom is 0.305 e. The second-order valence-electron chi connectivity index (χ2n) is 5.68.